The van der Waals surface area contributed by atoms with E-state index in [0.717, 1.165) is 36.2 Å². The number of hydrogen-bond donors (Lipinski definition) is 3. The summed E-state index contributed by atoms with van der Waals surface area (Å²) < 4.78 is 21.6. The predicted molar refractivity (Wildman–Crippen MR) is 126 cm³/mol. The van der Waals surface area contributed by atoms with Crippen LogP contribution in [0.1, 0.15) is 30.3 Å². The van der Waals surface area contributed by atoms with Gasteiger partial charge in [0.05, 0.1) is 18.0 Å². The lowest BCUT2D eigenvalue weighted by molar-refractivity contribution is 0.00452. The molecule has 1 amide bonds. The number of aromatic nitrogens is 4. The van der Waals surface area contributed by atoms with E-state index in [9.17, 15) is 9.18 Å². The largest absolute Gasteiger partial charge is 0.389 e. The molecule has 176 valence electrons. The average molecular weight is 475 g/mol. The zero-order valence-electron chi connectivity index (χ0n) is 18.7. The van der Waals surface area contributed by atoms with E-state index in [-0.39, 0.29) is 22.3 Å². The first-order valence-corrected chi connectivity index (χ1v) is 11.3. The molecule has 10 nitrogen and oxygen atoms in total. The molecule has 5 N–H and O–H groups in total. The summed E-state index contributed by atoms with van der Waals surface area (Å²) in [7, 11) is 3.48. The fourth-order valence-corrected chi connectivity index (χ4v) is 4.94. The van der Waals surface area contributed by atoms with Gasteiger partial charge in [0.1, 0.15) is 15.7 Å². The first kappa shape index (κ1) is 23.1. The van der Waals surface area contributed by atoms with Crippen LogP contribution in [0.15, 0.2) is 24.7 Å². The van der Waals surface area contributed by atoms with Gasteiger partial charge in [0.2, 0.25) is 0 Å². The second kappa shape index (κ2) is 9.04. The van der Waals surface area contributed by atoms with Gasteiger partial charge < -0.3 is 26.4 Å². The second-order valence-corrected chi connectivity index (χ2v) is 9.41. The predicted octanol–water partition coefficient (Wildman–Crippen LogP) is 2.24. The van der Waals surface area contributed by atoms with Gasteiger partial charge in [0.15, 0.2) is 17.3 Å². The average Bonchev–Trinajstić information content (AvgIpc) is 3.29. The van der Waals surface area contributed by atoms with Crippen molar-refractivity contribution in [1.29, 1.82) is 0 Å². The Morgan fingerprint density at radius 3 is 2.94 bits per heavy atom. The second-order valence-electron chi connectivity index (χ2n) is 8.38. The van der Waals surface area contributed by atoms with Gasteiger partial charge in [-0.1, -0.05) is 11.3 Å². The third-order valence-electron chi connectivity index (χ3n) is 5.81. The number of thiazole rings is 1. The van der Waals surface area contributed by atoms with Crippen molar-refractivity contribution in [3.63, 3.8) is 0 Å². The Morgan fingerprint density at radius 1 is 1.42 bits per heavy atom. The summed E-state index contributed by atoms with van der Waals surface area (Å²) in [5.74, 6) is -0.303. The lowest BCUT2D eigenvalue weighted by Crippen LogP contribution is -2.43. The van der Waals surface area contributed by atoms with Crippen LogP contribution in [-0.2, 0) is 11.8 Å². The fourth-order valence-electron chi connectivity index (χ4n) is 4.09. The van der Waals surface area contributed by atoms with Gasteiger partial charge in [-0.25, -0.2) is 9.37 Å². The molecule has 0 spiro atoms. The highest BCUT2D eigenvalue weighted by Crippen LogP contribution is 2.34. The number of nitrogens with one attached hydrogen (secondary N) is 1. The van der Waals surface area contributed by atoms with E-state index < -0.39 is 17.3 Å². The SMILES string of the molecule is COC1(C)CC(N)CCN(c2c(NC(=O)c3nc(-c4ccncc4F)sc3N)cnn2C)C1. The quantitative estimate of drug-likeness (QED) is 0.512. The minimum Gasteiger partial charge on any atom is -0.389 e. The number of anilines is 3. The molecule has 3 aromatic rings. The third-order valence-corrected chi connectivity index (χ3v) is 6.73. The topological polar surface area (TPSA) is 137 Å². The third kappa shape index (κ3) is 4.68. The number of amides is 1. The Hall–Kier alpha value is -3.09. The Morgan fingerprint density at radius 2 is 2.21 bits per heavy atom. The van der Waals surface area contributed by atoms with Crippen LogP contribution >= 0.6 is 11.3 Å². The van der Waals surface area contributed by atoms with Crippen molar-refractivity contribution in [2.45, 2.75) is 31.4 Å². The molecule has 3 aromatic heterocycles. The monoisotopic (exact) mass is 474 g/mol. The number of carbonyl (C=O) groups is 1. The van der Waals surface area contributed by atoms with Crippen LogP contribution in [0.25, 0.3) is 10.6 Å². The maximum atomic E-state index is 14.1. The van der Waals surface area contributed by atoms with Crippen molar-refractivity contribution in [2.75, 3.05) is 36.1 Å². The highest BCUT2D eigenvalue weighted by Gasteiger charge is 2.34. The molecule has 2 unspecified atom stereocenters. The first-order chi connectivity index (χ1) is 15.7. The molecule has 4 heterocycles. The normalized spacial score (nSPS) is 21.1. The minimum atomic E-state index is -0.534. The van der Waals surface area contributed by atoms with Crippen molar-refractivity contribution >= 4 is 33.8 Å². The highest BCUT2D eigenvalue weighted by atomic mass is 32.1. The van der Waals surface area contributed by atoms with E-state index in [2.05, 4.69) is 25.3 Å². The number of halogens is 1. The van der Waals surface area contributed by atoms with Crippen LogP contribution in [0.4, 0.5) is 20.9 Å². The number of nitrogen functional groups attached to an aromatic ring is 1. The fraction of sp³-hybridized carbons (Fsp3) is 0.429. The molecule has 2 atom stereocenters. The van der Waals surface area contributed by atoms with Crippen molar-refractivity contribution in [1.82, 2.24) is 19.7 Å². The minimum absolute atomic E-state index is 0.00743. The molecule has 0 radical (unpaired) electrons. The lowest BCUT2D eigenvalue weighted by atomic mass is 9.97. The Balaban J connectivity index is 1.60. The number of rotatable bonds is 5. The summed E-state index contributed by atoms with van der Waals surface area (Å²) in [4.78, 5) is 23.2. The number of nitrogens with zero attached hydrogens (tertiary/aromatic N) is 5. The van der Waals surface area contributed by atoms with Crippen LogP contribution in [0.5, 0.6) is 0 Å². The van der Waals surface area contributed by atoms with Crippen LogP contribution < -0.4 is 21.7 Å². The van der Waals surface area contributed by atoms with Crippen molar-refractivity contribution in [2.24, 2.45) is 12.8 Å². The maximum Gasteiger partial charge on any atom is 0.277 e. The number of carbonyl (C=O) groups excluding carboxylic acids is 1. The van der Waals surface area contributed by atoms with E-state index in [1.807, 2.05) is 14.0 Å². The molecule has 1 fully saturated rings. The molecule has 12 heteroatoms. The first-order valence-electron chi connectivity index (χ1n) is 10.5. The van der Waals surface area contributed by atoms with E-state index in [1.165, 1.54) is 12.3 Å². The van der Waals surface area contributed by atoms with Gasteiger partial charge >= 0.3 is 0 Å². The summed E-state index contributed by atoms with van der Waals surface area (Å²) in [5, 5.41) is 7.69. The van der Waals surface area contributed by atoms with Crippen molar-refractivity contribution in [3.8, 4) is 10.6 Å². The van der Waals surface area contributed by atoms with Crippen LogP contribution in [0, 0.1) is 5.82 Å². The van der Waals surface area contributed by atoms with Gasteiger partial charge in [0.25, 0.3) is 5.91 Å². The van der Waals surface area contributed by atoms with E-state index >= 15 is 0 Å². The summed E-state index contributed by atoms with van der Waals surface area (Å²) in [6.45, 7) is 3.30. The summed E-state index contributed by atoms with van der Waals surface area (Å²) in [6, 6.07) is 1.50. The maximum absolute atomic E-state index is 14.1. The van der Waals surface area contributed by atoms with Crippen molar-refractivity contribution in [3.05, 3.63) is 36.2 Å². The van der Waals surface area contributed by atoms with E-state index in [1.54, 1.807) is 18.0 Å². The number of aryl methyl sites for hydroxylation is 1. The van der Waals surface area contributed by atoms with Gasteiger partial charge in [0, 0.05) is 45.0 Å². The smallest absolute Gasteiger partial charge is 0.277 e. The Kier molecular flexibility index (Phi) is 6.32. The summed E-state index contributed by atoms with van der Waals surface area (Å²) in [6.07, 6.45) is 5.63. The molecule has 4 rings (SSSR count). The van der Waals surface area contributed by atoms with Gasteiger partial charge in [-0.05, 0) is 25.8 Å². The Labute approximate surface area is 194 Å². The number of nitrogens with two attached hydrogens (primary N) is 2. The molecule has 0 aliphatic carbocycles. The molecule has 1 aliphatic rings. The van der Waals surface area contributed by atoms with Crippen LogP contribution in [0.3, 0.4) is 0 Å². The molecular weight excluding hydrogens is 447 g/mol. The van der Waals surface area contributed by atoms with Crippen molar-refractivity contribution < 1.29 is 13.9 Å². The summed E-state index contributed by atoms with van der Waals surface area (Å²) >= 11 is 1.04. The van der Waals surface area contributed by atoms with Gasteiger partial charge in [-0.3, -0.25) is 14.5 Å². The number of ether oxygens (including phenoxy) is 1. The number of methoxy groups -OCH3 is 1. The van der Waals surface area contributed by atoms with Crippen LogP contribution in [0.2, 0.25) is 0 Å². The molecule has 33 heavy (non-hydrogen) atoms. The van der Waals surface area contributed by atoms with Crippen LogP contribution in [-0.4, -0.2) is 57.5 Å². The zero-order valence-corrected chi connectivity index (χ0v) is 19.5. The van der Waals surface area contributed by atoms with E-state index in [4.69, 9.17) is 16.2 Å². The summed E-state index contributed by atoms with van der Waals surface area (Å²) in [5.41, 5.74) is 12.7. The standard InChI is InChI=1S/C21H27FN8O2S/c1-21(32-3)8-12(23)5-7-30(11-21)20-15(10-26-29(20)2)27-18(31)16-17(24)33-19(28-16)13-4-6-25-9-14(13)22/h4,6,9-10,12H,5,7-8,11,23-24H2,1-3H3,(H,27,31). The van der Waals surface area contributed by atoms with E-state index in [0.29, 0.717) is 23.8 Å². The molecule has 0 aromatic carbocycles. The molecule has 0 saturated carbocycles. The number of hydrogen-bond acceptors (Lipinski definition) is 9. The molecule has 0 bridgehead atoms. The molecule has 1 aliphatic heterocycles. The lowest BCUT2D eigenvalue weighted by Gasteiger charge is -2.33. The van der Waals surface area contributed by atoms with Gasteiger partial charge in [-0.2, -0.15) is 5.10 Å². The molecule has 1 saturated heterocycles. The zero-order chi connectivity index (χ0) is 23.8. The van der Waals surface area contributed by atoms with Gasteiger partial charge in [-0.15, -0.1) is 0 Å². The Bertz CT molecular complexity index is 1170. The number of pyridine rings is 1. The molecular formula is C21H27FN8O2S. The highest BCUT2D eigenvalue weighted by molar-refractivity contribution is 7.19.